The fraction of sp³-hybridized carbons (Fsp3) is 0.381. The SMILES string of the molecule is CCOC(c1ccc(NC(=O)Cc2ccc(C(C)S(=O)[O-])cc2)cc1)(C(F)(F)F)C(F)(F)F. The molecule has 0 aliphatic heterocycles. The molecule has 1 amide bonds. The van der Waals surface area contributed by atoms with Gasteiger partial charge in [-0.3, -0.25) is 9.00 Å². The van der Waals surface area contributed by atoms with E-state index in [0.717, 1.165) is 19.1 Å². The lowest BCUT2D eigenvalue weighted by molar-refractivity contribution is -0.388. The molecule has 0 saturated carbocycles. The summed E-state index contributed by atoms with van der Waals surface area (Å²) in [5.74, 6) is -0.571. The Labute approximate surface area is 188 Å². The van der Waals surface area contributed by atoms with Crippen molar-refractivity contribution >= 4 is 22.7 Å². The van der Waals surface area contributed by atoms with Gasteiger partial charge < -0.3 is 14.6 Å². The Hall–Kier alpha value is -2.44. The molecule has 2 atom stereocenters. The highest BCUT2D eigenvalue weighted by Crippen LogP contribution is 2.53. The minimum absolute atomic E-state index is 0.00880. The van der Waals surface area contributed by atoms with Crippen LogP contribution in [0.4, 0.5) is 32.0 Å². The van der Waals surface area contributed by atoms with Crippen molar-refractivity contribution in [3.63, 3.8) is 0 Å². The van der Waals surface area contributed by atoms with Crippen molar-refractivity contribution in [1.29, 1.82) is 0 Å². The molecule has 2 aromatic carbocycles. The second kappa shape index (κ2) is 10.2. The van der Waals surface area contributed by atoms with Crippen molar-refractivity contribution in [1.82, 2.24) is 0 Å². The Morgan fingerprint density at radius 1 is 1.00 bits per heavy atom. The van der Waals surface area contributed by atoms with Crippen molar-refractivity contribution in [2.24, 2.45) is 0 Å². The molecule has 0 heterocycles. The van der Waals surface area contributed by atoms with Crippen LogP contribution >= 0.6 is 0 Å². The highest BCUT2D eigenvalue weighted by Gasteiger charge is 2.73. The van der Waals surface area contributed by atoms with Gasteiger partial charge in [-0.2, -0.15) is 26.3 Å². The number of alkyl halides is 6. The molecule has 33 heavy (non-hydrogen) atoms. The predicted molar refractivity (Wildman–Crippen MR) is 108 cm³/mol. The number of carbonyl (C=O) groups is 1. The number of halogens is 6. The first-order valence-corrected chi connectivity index (χ1v) is 10.7. The zero-order valence-corrected chi connectivity index (χ0v) is 18.2. The van der Waals surface area contributed by atoms with E-state index < -0.39 is 52.4 Å². The lowest BCUT2D eigenvalue weighted by Crippen LogP contribution is -2.56. The number of anilines is 1. The van der Waals surface area contributed by atoms with E-state index in [1.165, 1.54) is 6.92 Å². The Morgan fingerprint density at radius 2 is 1.52 bits per heavy atom. The number of hydrogen-bond acceptors (Lipinski definition) is 4. The summed E-state index contributed by atoms with van der Waals surface area (Å²) in [6.07, 6.45) is -11.7. The molecular weight excluding hydrogens is 476 g/mol. The fourth-order valence-corrected chi connectivity index (χ4v) is 3.53. The average molecular weight is 496 g/mol. The molecule has 12 heteroatoms. The normalized spacial score (nSPS) is 14.6. The molecule has 2 aromatic rings. The first kappa shape index (κ1) is 26.8. The summed E-state index contributed by atoms with van der Waals surface area (Å²) in [5.41, 5.74) is -4.62. The Balaban J connectivity index is 2.18. The third-order valence-corrected chi connectivity index (χ3v) is 5.69. The number of carbonyl (C=O) groups excluding carboxylic acids is 1. The lowest BCUT2D eigenvalue weighted by atomic mass is 9.91. The number of nitrogens with one attached hydrogen (secondary N) is 1. The van der Waals surface area contributed by atoms with Gasteiger partial charge >= 0.3 is 12.4 Å². The summed E-state index contributed by atoms with van der Waals surface area (Å²) in [7, 11) is 0. The molecule has 1 N–H and O–H groups in total. The quantitative estimate of drug-likeness (QED) is 0.404. The van der Waals surface area contributed by atoms with Crippen LogP contribution < -0.4 is 5.32 Å². The summed E-state index contributed by atoms with van der Waals surface area (Å²) in [6.45, 7) is 1.68. The third-order valence-electron chi connectivity index (χ3n) is 4.84. The Kier molecular flexibility index (Phi) is 8.31. The molecule has 0 spiro atoms. The van der Waals surface area contributed by atoms with Crippen molar-refractivity contribution in [3.8, 4) is 0 Å². The van der Waals surface area contributed by atoms with Crippen LogP contribution in [0.25, 0.3) is 0 Å². The van der Waals surface area contributed by atoms with Gasteiger partial charge in [0.1, 0.15) is 0 Å². The van der Waals surface area contributed by atoms with E-state index in [2.05, 4.69) is 10.1 Å². The van der Waals surface area contributed by atoms with Gasteiger partial charge in [0, 0.05) is 23.1 Å². The van der Waals surface area contributed by atoms with Gasteiger partial charge in [0.15, 0.2) is 0 Å². The topological polar surface area (TPSA) is 78.5 Å². The maximum absolute atomic E-state index is 13.5. The van der Waals surface area contributed by atoms with Crippen LogP contribution in [0.1, 0.15) is 35.8 Å². The zero-order chi connectivity index (χ0) is 25.0. The lowest BCUT2D eigenvalue weighted by Gasteiger charge is -2.37. The van der Waals surface area contributed by atoms with Crippen molar-refractivity contribution in [3.05, 3.63) is 65.2 Å². The van der Waals surface area contributed by atoms with Crippen molar-refractivity contribution in [2.45, 2.75) is 43.5 Å². The van der Waals surface area contributed by atoms with Gasteiger partial charge in [-0.15, -0.1) is 0 Å². The van der Waals surface area contributed by atoms with E-state index in [-0.39, 0.29) is 12.1 Å². The first-order valence-electron chi connectivity index (χ1n) is 9.57. The van der Waals surface area contributed by atoms with Crippen LogP contribution in [-0.4, -0.2) is 33.6 Å². The number of ether oxygens (including phenoxy) is 1. The molecule has 0 saturated heterocycles. The number of amides is 1. The second-order valence-electron chi connectivity index (χ2n) is 7.06. The standard InChI is InChI=1S/C21H21F6NO4S/c1-3-32-19(20(22,23)24,21(25,26)27)16-8-10-17(11-9-16)28-18(29)12-14-4-6-15(7-5-14)13(2)33(30)31/h4-11,13H,3,12H2,1-2H3,(H,28,29)(H,30,31)/p-1. The van der Waals surface area contributed by atoms with E-state index in [1.54, 1.807) is 24.3 Å². The highest BCUT2D eigenvalue weighted by molar-refractivity contribution is 7.79. The van der Waals surface area contributed by atoms with E-state index in [1.807, 2.05) is 0 Å². The van der Waals surface area contributed by atoms with Crippen molar-refractivity contribution in [2.75, 3.05) is 11.9 Å². The van der Waals surface area contributed by atoms with Crippen LogP contribution in [-0.2, 0) is 32.6 Å². The van der Waals surface area contributed by atoms with Crippen LogP contribution in [0.15, 0.2) is 48.5 Å². The summed E-state index contributed by atoms with van der Waals surface area (Å²) < 4.78 is 107. The number of hydrogen-bond donors (Lipinski definition) is 1. The monoisotopic (exact) mass is 496 g/mol. The van der Waals surface area contributed by atoms with Crippen LogP contribution in [0.5, 0.6) is 0 Å². The van der Waals surface area contributed by atoms with Crippen LogP contribution in [0.2, 0.25) is 0 Å². The smallest absolute Gasteiger partial charge is 0.430 e. The van der Waals surface area contributed by atoms with Gasteiger partial charge in [0.25, 0.3) is 5.60 Å². The first-order chi connectivity index (χ1) is 15.2. The van der Waals surface area contributed by atoms with Crippen LogP contribution in [0, 0.1) is 0 Å². The Bertz CT molecular complexity index is 960. The maximum Gasteiger partial charge on any atom is 0.430 e. The van der Waals surface area contributed by atoms with Gasteiger partial charge in [0.2, 0.25) is 5.91 Å². The highest BCUT2D eigenvalue weighted by atomic mass is 32.2. The van der Waals surface area contributed by atoms with Gasteiger partial charge in [0.05, 0.1) is 6.42 Å². The third kappa shape index (κ3) is 5.92. The molecule has 0 aliphatic rings. The molecule has 0 bridgehead atoms. The molecule has 5 nitrogen and oxygen atoms in total. The second-order valence-corrected chi connectivity index (χ2v) is 8.28. The largest absolute Gasteiger partial charge is 0.772 e. The molecular formula is C21H20F6NO4S-. The van der Waals surface area contributed by atoms with Gasteiger partial charge in [-0.25, -0.2) is 0 Å². The molecule has 0 radical (unpaired) electrons. The predicted octanol–water partition coefficient (Wildman–Crippen LogP) is 5.16. The minimum Gasteiger partial charge on any atom is -0.772 e. The molecule has 0 fully saturated rings. The van der Waals surface area contributed by atoms with Gasteiger partial charge in [-0.1, -0.05) is 36.4 Å². The van der Waals surface area contributed by atoms with Crippen molar-refractivity contribution < 1.29 is 44.6 Å². The van der Waals surface area contributed by atoms with Crippen LogP contribution in [0.3, 0.4) is 0 Å². The van der Waals surface area contributed by atoms with E-state index in [0.29, 0.717) is 23.3 Å². The molecule has 182 valence electrons. The summed E-state index contributed by atoms with van der Waals surface area (Å²) in [5, 5.41) is 1.66. The zero-order valence-electron chi connectivity index (χ0n) is 17.4. The maximum atomic E-state index is 13.5. The molecule has 2 unspecified atom stereocenters. The average Bonchev–Trinajstić information content (AvgIpc) is 2.70. The Morgan fingerprint density at radius 3 is 1.94 bits per heavy atom. The minimum atomic E-state index is -5.77. The summed E-state index contributed by atoms with van der Waals surface area (Å²) in [4.78, 5) is 12.2. The van der Waals surface area contributed by atoms with E-state index in [9.17, 15) is 39.9 Å². The van der Waals surface area contributed by atoms with E-state index >= 15 is 0 Å². The van der Waals surface area contributed by atoms with E-state index in [4.69, 9.17) is 0 Å². The number of rotatable bonds is 8. The molecule has 0 aliphatic carbocycles. The summed E-state index contributed by atoms with van der Waals surface area (Å²) in [6, 6.07) is 9.23. The fourth-order valence-electron chi connectivity index (χ4n) is 3.15. The molecule has 0 aromatic heterocycles. The van der Waals surface area contributed by atoms with Gasteiger partial charge in [-0.05, 0) is 48.2 Å². The summed E-state index contributed by atoms with van der Waals surface area (Å²) >= 11 is -2.31. The number of benzene rings is 2. The molecule has 2 rings (SSSR count).